The second-order valence-corrected chi connectivity index (χ2v) is 1.98. The van der Waals surface area contributed by atoms with Crippen molar-refractivity contribution in [3.05, 3.63) is 42.0 Å². The monoisotopic (exact) mass is 183 g/mol. The van der Waals surface area contributed by atoms with Crippen LogP contribution in [-0.2, 0) is 4.79 Å². The van der Waals surface area contributed by atoms with E-state index in [1.165, 1.54) is 12.1 Å². The maximum atomic E-state index is 12.3. The summed E-state index contributed by atoms with van der Waals surface area (Å²) in [4.78, 5) is 8.35. The molecule has 68 valence electrons. The van der Waals surface area contributed by atoms with Crippen LogP contribution in [0.5, 0.6) is 0 Å². The summed E-state index contributed by atoms with van der Waals surface area (Å²) in [5.74, 6) is -1.66. The van der Waals surface area contributed by atoms with Gasteiger partial charge in [-0.25, -0.2) is 19.0 Å². The van der Waals surface area contributed by atoms with Crippen LogP contribution >= 0.6 is 0 Å². The number of rotatable bonds is 1. The summed E-state index contributed by atoms with van der Waals surface area (Å²) in [6.07, 6.45) is 2.21. The quantitative estimate of drug-likeness (QED) is 0.527. The summed E-state index contributed by atoms with van der Waals surface area (Å²) in [7, 11) is 0. The molecule has 0 atom stereocenters. The number of nitrogens with one attached hydrogen (secondary N) is 1. The van der Waals surface area contributed by atoms with Gasteiger partial charge < -0.3 is 0 Å². The highest BCUT2D eigenvalue weighted by Gasteiger charge is 1.98. The van der Waals surface area contributed by atoms with E-state index in [4.69, 9.17) is 10.2 Å². The normalized spacial score (nSPS) is 7.85. The second kappa shape index (κ2) is 5.80. The maximum Gasteiger partial charge on any atom is 0.231 e. The molecule has 0 heterocycles. The van der Waals surface area contributed by atoms with E-state index in [0.717, 1.165) is 18.2 Å². The van der Waals surface area contributed by atoms with Crippen LogP contribution in [-0.4, -0.2) is 6.08 Å². The molecule has 0 spiro atoms. The van der Waals surface area contributed by atoms with Crippen molar-refractivity contribution in [2.45, 2.75) is 0 Å². The third kappa shape index (κ3) is 3.94. The van der Waals surface area contributed by atoms with Gasteiger partial charge in [-0.3, -0.25) is 0 Å². The minimum Gasteiger partial charge on any atom is -0.222 e. The van der Waals surface area contributed by atoms with Crippen LogP contribution in [0.25, 0.3) is 6.08 Å². The number of hydrogen-bond donors (Lipinski definition) is 1. The van der Waals surface area contributed by atoms with Gasteiger partial charge in [-0.1, -0.05) is 18.7 Å². The fraction of sp³-hybridized carbons (Fsp3) is 0. The van der Waals surface area contributed by atoms with E-state index in [9.17, 15) is 8.78 Å². The molecule has 0 aliphatic rings. The van der Waals surface area contributed by atoms with Gasteiger partial charge in [0.15, 0.2) is 11.6 Å². The summed E-state index contributed by atoms with van der Waals surface area (Å²) >= 11 is 0. The zero-order valence-corrected chi connectivity index (χ0v) is 6.68. The summed E-state index contributed by atoms with van der Waals surface area (Å²) in [6, 6.07) is 3.64. The molecule has 13 heavy (non-hydrogen) atoms. The topological polar surface area (TPSA) is 40.9 Å². The number of benzene rings is 1. The first-order chi connectivity index (χ1) is 6.15. The van der Waals surface area contributed by atoms with Crippen LogP contribution in [0.2, 0.25) is 0 Å². The van der Waals surface area contributed by atoms with Crippen LogP contribution in [0.3, 0.4) is 0 Å². The standard InChI is InChI=1S/C8H6F2.CHNO/c1-2-6-3-4-7(9)8(10)5-6;2-1-3/h2-5H,1H2;2H. The van der Waals surface area contributed by atoms with E-state index >= 15 is 0 Å². The Morgan fingerprint density at radius 2 is 1.92 bits per heavy atom. The average Bonchev–Trinajstić information content (AvgIpc) is 2.11. The van der Waals surface area contributed by atoms with Crippen LogP contribution in [0.4, 0.5) is 8.78 Å². The molecule has 0 aliphatic carbocycles. The molecule has 0 radical (unpaired) electrons. The van der Waals surface area contributed by atoms with E-state index in [0.29, 0.717) is 5.56 Å². The van der Waals surface area contributed by atoms with Gasteiger partial charge in [0, 0.05) is 0 Å². The Kier molecular flexibility index (Phi) is 5.00. The van der Waals surface area contributed by atoms with Crippen molar-refractivity contribution in [3.63, 3.8) is 0 Å². The van der Waals surface area contributed by atoms with Gasteiger partial charge in [0.05, 0.1) is 0 Å². The van der Waals surface area contributed by atoms with Crippen molar-refractivity contribution in [1.82, 2.24) is 0 Å². The van der Waals surface area contributed by atoms with Crippen molar-refractivity contribution < 1.29 is 13.6 Å². The number of halogens is 2. The Balaban J connectivity index is 0.000000424. The lowest BCUT2D eigenvalue weighted by molar-refractivity contribution is 0.508. The highest BCUT2D eigenvalue weighted by Crippen LogP contribution is 2.08. The van der Waals surface area contributed by atoms with Crippen LogP contribution < -0.4 is 0 Å². The van der Waals surface area contributed by atoms with E-state index in [1.54, 1.807) is 0 Å². The fourth-order valence-corrected chi connectivity index (χ4v) is 0.639. The molecule has 1 aromatic rings. The predicted molar refractivity (Wildman–Crippen MR) is 44.9 cm³/mol. The Bertz CT molecular complexity index is 330. The SMILES string of the molecule is C=Cc1ccc(F)c(F)c1.N=C=O. The van der Waals surface area contributed by atoms with Crippen LogP contribution in [0, 0.1) is 17.0 Å². The molecule has 0 saturated heterocycles. The molecule has 4 heteroatoms. The zero-order valence-electron chi connectivity index (χ0n) is 6.68. The van der Waals surface area contributed by atoms with Crippen LogP contribution in [0.1, 0.15) is 5.56 Å². The molecule has 0 unspecified atom stereocenters. The van der Waals surface area contributed by atoms with E-state index in [-0.39, 0.29) is 0 Å². The Hall–Kier alpha value is -1.80. The van der Waals surface area contributed by atoms with Crippen molar-refractivity contribution in [2.75, 3.05) is 0 Å². The number of isocyanates is 1. The van der Waals surface area contributed by atoms with Crippen molar-refractivity contribution in [2.24, 2.45) is 0 Å². The molecule has 0 aromatic heterocycles. The second-order valence-electron chi connectivity index (χ2n) is 1.98. The summed E-state index contributed by atoms with van der Waals surface area (Å²) in [5, 5.41) is 5.40. The van der Waals surface area contributed by atoms with Gasteiger partial charge >= 0.3 is 0 Å². The first-order valence-corrected chi connectivity index (χ1v) is 3.27. The van der Waals surface area contributed by atoms with Gasteiger partial charge in [-0.2, -0.15) is 0 Å². The van der Waals surface area contributed by atoms with Crippen molar-refractivity contribution in [1.29, 1.82) is 5.41 Å². The third-order valence-corrected chi connectivity index (χ3v) is 1.18. The van der Waals surface area contributed by atoms with E-state index < -0.39 is 11.6 Å². The molecule has 0 bridgehead atoms. The third-order valence-electron chi connectivity index (χ3n) is 1.18. The Morgan fingerprint density at radius 1 is 1.38 bits per heavy atom. The van der Waals surface area contributed by atoms with Gasteiger partial charge in [-0.15, -0.1) is 0 Å². The molecule has 1 aromatic carbocycles. The van der Waals surface area contributed by atoms with E-state index in [1.807, 2.05) is 0 Å². The van der Waals surface area contributed by atoms with Gasteiger partial charge in [0.2, 0.25) is 6.08 Å². The molecule has 0 fully saturated rings. The van der Waals surface area contributed by atoms with Crippen molar-refractivity contribution in [3.8, 4) is 0 Å². The molecule has 1 rings (SSSR count). The number of carbonyl (C=O) groups excluding carboxylic acids is 1. The van der Waals surface area contributed by atoms with Crippen LogP contribution in [0.15, 0.2) is 24.8 Å². The van der Waals surface area contributed by atoms with Gasteiger partial charge in [0.1, 0.15) is 0 Å². The number of hydrogen-bond acceptors (Lipinski definition) is 2. The molecule has 0 aliphatic heterocycles. The highest BCUT2D eigenvalue weighted by atomic mass is 19.2. The highest BCUT2D eigenvalue weighted by molar-refractivity contribution is 5.46. The molecule has 0 amide bonds. The minimum absolute atomic E-state index is 0.582. The molecular formula is C9H7F2NO. The minimum atomic E-state index is -0.836. The molecule has 2 nitrogen and oxygen atoms in total. The first kappa shape index (κ1) is 11.2. The fourth-order valence-electron chi connectivity index (χ4n) is 0.639. The molecule has 1 N–H and O–H groups in total. The van der Waals surface area contributed by atoms with E-state index in [2.05, 4.69) is 6.58 Å². The lowest BCUT2D eigenvalue weighted by Gasteiger charge is -1.92. The summed E-state index contributed by atoms with van der Waals surface area (Å²) in [5.41, 5.74) is 0.582. The summed E-state index contributed by atoms with van der Waals surface area (Å²) in [6.45, 7) is 3.41. The largest absolute Gasteiger partial charge is 0.231 e. The van der Waals surface area contributed by atoms with Gasteiger partial charge in [-0.05, 0) is 17.7 Å². The lowest BCUT2D eigenvalue weighted by Crippen LogP contribution is -1.82. The van der Waals surface area contributed by atoms with Gasteiger partial charge in [0.25, 0.3) is 0 Å². The lowest BCUT2D eigenvalue weighted by atomic mass is 10.2. The predicted octanol–water partition coefficient (Wildman–Crippen LogP) is 2.51. The first-order valence-electron chi connectivity index (χ1n) is 3.27. The Labute approximate surface area is 74.0 Å². The zero-order chi connectivity index (χ0) is 10.3. The molecule has 0 saturated carbocycles. The molecular weight excluding hydrogens is 176 g/mol. The maximum absolute atomic E-state index is 12.3. The smallest absolute Gasteiger partial charge is 0.222 e. The summed E-state index contributed by atoms with van der Waals surface area (Å²) < 4.78 is 24.6. The Morgan fingerprint density at radius 3 is 2.31 bits per heavy atom. The van der Waals surface area contributed by atoms with Crippen molar-refractivity contribution >= 4 is 12.2 Å². The average molecular weight is 183 g/mol.